The molecule has 0 saturated carbocycles. The molecule has 1 aromatic rings. The van der Waals surface area contributed by atoms with Gasteiger partial charge in [-0.15, -0.1) is 0 Å². The third kappa shape index (κ3) is 1.80. The molecular weight excluding hydrogens is 176 g/mol. The molecule has 2 heteroatoms. The molecule has 74 valence electrons. The zero-order valence-corrected chi connectivity index (χ0v) is 8.18. The standard InChI is InChI=1S/C12H14O2/c1-14-12-4-2-3-9(8-12)10-5-6-11(13)7-10/h2-6,8,10-11,13H,7H2,1H3/t10-,11+/m0/s1. The Morgan fingerprint density at radius 2 is 2.21 bits per heavy atom. The lowest BCUT2D eigenvalue weighted by Gasteiger charge is -2.10. The van der Waals surface area contributed by atoms with Crippen LogP contribution in [0.5, 0.6) is 5.75 Å². The van der Waals surface area contributed by atoms with Crippen LogP contribution in [0.2, 0.25) is 0 Å². The van der Waals surface area contributed by atoms with E-state index in [2.05, 4.69) is 12.1 Å². The molecule has 0 fully saturated rings. The van der Waals surface area contributed by atoms with Gasteiger partial charge in [0, 0.05) is 5.92 Å². The summed E-state index contributed by atoms with van der Waals surface area (Å²) in [6.07, 6.45) is 4.41. The molecule has 0 unspecified atom stereocenters. The maximum atomic E-state index is 9.37. The van der Waals surface area contributed by atoms with E-state index in [0.717, 1.165) is 12.2 Å². The van der Waals surface area contributed by atoms with Crippen LogP contribution in [0.25, 0.3) is 0 Å². The number of hydrogen-bond acceptors (Lipinski definition) is 2. The Morgan fingerprint density at radius 3 is 2.86 bits per heavy atom. The molecule has 0 amide bonds. The van der Waals surface area contributed by atoms with Crippen LogP contribution >= 0.6 is 0 Å². The predicted molar refractivity (Wildman–Crippen MR) is 55.5 cm³/mol. The summed E-state index contributed by atoms with van der Waals surface area (Å²) >= 11 is 0. The van der Waals surface area contributed by atoms with Gasteiger partial charge in [-0.05, 0) is 24.1 Å². The second-order valence-electron chi connectivity index (χ2n) is 3.57. The second kappa shape index (κ2) is 3.84. The first kappa shape index (κ1) is 9.28. The van der Waals surface area contributed by atoms with Crippen LogP contribution in [0.15, 0.2) is 36.4 Å². The van der Waals surface area contributed by atoms with E-state index < -0.39 is 0 Å². The third-order valence-electron chi connectivity index (χ3n) is 2.58. The first-order valence-corrected chi connectivity index (χ1v) is 4.80. The van der Waals surface area contributed by atoms with E-state index in [-0.39, 0.29) is 6.10 Å². The normalized spacial score (nSPS) is 25.3. The van der Waals surface area contributed by atoms with Gasteiger partial charge in [0.2, 0.25) is 0 Å². The minimum Gasteiger partial charge on any atom is -0.497 e. The van der Waals surface area contributed by atoms with Gasteiger partial charge in [-0.3, -0.25) is 0 Å². The zero-order chi connectivity index (χ0) is 9.97. The Balaban J connectivity index is 2.20. The maximum Gasteiger partial charge on any atom is 0.119 e. The van der Waals surface area contributed by atoms with Crippen molar-refractivity contribution >= 4 is 0 Å². The van der Waals surface area contributed by atoms with Crippen molar-refractivity contribution in [1.29, 1.82) is 0 Å². The molecule has 2 nitrogen and oxygen atoms in total. The van der Waals surface area contributed by atoms with Crippen molar-refractivity contribution in [3.8, 4) is 5.75 Å². The highest BCUT2D eigenvalue weighted by atomic mass is 16.5. The Hall–Kier alpha value is -1.28. The molecular formula is C12H14O2. The first-order chi connectivity index (χ1) is 6.79. The van der Waals surface area contributed by atoms with E-state index in [1.807, 2.05) is 24.3 Å². The second-order valence-corrected chi connectivity index (χ2v) is 3.57. The van der Waals surface area contributed by atoms with E-state index in [9.17, 15) is 5.11 Å². The van der Waals surface area contributed by atoms with Gasteiger partial charge in [-0.25, -0.2) is 0 Å². The highest BCUT2D eigenvalue weighted by Crippen LogP contribution is 2.30. The van der Waals surface area contributed by atoms with Crippen LogP contribution in [0.3, 0.4) is 0 Å². The van der Waals surface area contributed by atoms with Crippen molar-refractivity contribution in [2.24, 2.45) is 0 Å². The van der Waals surface area contributed by atoms with Gasteiger partial charge in [0.25, 0.3) is 0 Å². The van der Waals surface area contributed by atoms with Gasteiger partial charge >= 0.3 is 0 Å². The molecule has 0 radical (unpaired) electrons. The summed E-state index contributed by atoms with van der Waals surface area (Å²) in [7, 11) is 1.67. The van der Waals surface area contributed by atoms with Crippen molar-refractivity contribution in [3.63, 3.8) is 0 Å². The monoisotopic (exact) mass is 190 g/mol. The minimum absolute atomic E-state index is 0.286. The van der Waals surface area contributed by atoms with Crippen LogP contribution in [0.1, 0.15) is 17.9 Å². The van der Waals surface area contributed by atoms with E-state index in [4.69, 9.17) is 4.74 Å². The minimum atomic E-state index is -0.286. The number of allylic oxidation sites excluding steroid dienone is 1. The number of rotatable bonds is 2. The Morgan fingerprint density at radius 1 is 1.36 bits per heavy atom. The number of ether oxygens (including phenoxy) is 1. The van der Waals surface area contributed by atoms with Gasteiger partial charge in [0.15, 0.2) is 0 Å². The lowest BCUT2D eigenvalue weighted by molar-refractivity contribution is 0.218. The van der Waals surface area contributed by atoms with Crippen LogP contribution < -0.4 is 4.74 Å². The zero-order valence-electron chi connectivity index (χ0n) is 8.18. The quantitative estimate of drug-likeness (QED) is 0.724. The molecule has 0 bridgehead atoms. The lowest BCUT2D eigenvalue weighted by atomic mass is 9.98. The van der Waals surface area contributed by atoms with Crippen molar-refractivity contribution < 1.29 is 9.84 Å². The summed E-state index contributed by atoms with van der Waals surface area (Å²) in [6, 6.07) is 7.99. The van der Waals surface area contributed by atoms with Gasteiger partial charge in [-0.1, -0.05) is 24.3 Å². The number of hydrogen-bond donors (Lipinski definition) is 1. The van der Waals surface area contributed by atoms with Crippen molar-refractivity contribution in [2.75, 3.05) is 7.11 Å². The summed E-state index contributed by atoms with van der Waals surface area (Å²) < 4.78 is 5.15. The Kier molecular flexibility index (Phi) is 2.55. The van der Waals surface area contributed by atoms with Gasteiger partial charge < -0.3 is 9.84 Å². The first-order valence-electron chi connectivity index (χ1n) is 4.80. The van der Waals surface area contributed by atoms with Crippen LogP contribution in [0.4, 0.5) is 0 Å². The topological polar surface area (TPSA) is 29.5 Å². The molecule has 2 rings (SSSR count). The smallest absolute Gasteiger partial charge is 0.119 e. The summed E-state index contributed by atoms with van der Waals surface area (Å²) in [6.45, 7) is 0. The largest absolute Gasteiger partial charge is 0.497 e. The number of methoxy groups -OCH3 is 1. The van der Waals surface area contributed by atoms with Crippen LogP contribution in [-0.2, 0) is 0 Å². The average molecular weight is 190 g/mol. The van der Waals surface area contributed by atoms with Crippen LogP contribution in [-0.4, -0.2) is 18.3 Å². The molecule has 1 aromatic carbocycles. The highest BCUT2D eigenvalue weighted by molar-refractivity contribution is 5.34. The van der Waals surface area contributed by atoms with E-state index in [0.29, 0.717) is 5.92 Å². The summed E-state index contributed by atoms with van der Waals surface area (Å²) in [4.78, 5) is 0. The third-order valence-corrected chi connectivity index (χ3v) is 2.58. The molecule has 1 aliphatic carbocycles. The molecule has 2 atom stereocenters. The fourth-order valence-corrected chi connectivity index (χ4v) is 1.80. The van der Waals surface area contributed by atoms with E-state index in [1.54, 1.807) is 7.11 Å². The molecule has 0 aromatic heterocycles. The molecule has 0 saturated heterocycles. The summed E-state index contributed by atoms with van der Waals surface area (Å²) in [5, 5.41) is 9.37. The fraction of sp³-hybridized carbons (Fsp3) is 0.333. The van der Waals surface area contributed by atoms with Gasteiger partial charge in [0.05, 0.1) is 13.2 Å². The molecule has 0 aliphatic heterocycles. The number of benzene rings is 1. The van der Waals surface area contributed by atoms with Crippen LogP contribution in [0, 0.1) is 0 Å². The average Bonchev–Trinajstić information content (AvgIpc) is 2.65. The molecule has 0 spiro atoms. The van der Waals surface area contributed by atoms with E-state index in [1.165, 1.54) is 5.56 Å². The molecule has 1 N–H and O–H groups in total. The number of aliphatic hydroxyl groups is 1. The predicted octanol–water partition coefficient (Wildman–Crippen LogP) is 2.10. The van der Waals surface area contributed by atoms with E-state index >= 15 is 0 Å². The molecule has 1 aliphatic rings. The maximum absolute atomic E-state index is 9.37. The summed E-state index contributed by atoms with van der Waals surface area (Å²) in [5.41, 5.74) is 1.21. The summed E-state index contributed by atoms with van der Waals surface area (Å²) in [5.74, 6) is 1.21. The van der Waals surface area contributed by atoms with Crippen molar-refractivity contribution in [1.82, 2.24) is 0 Å². The molecule has 0 heterocycles. The lowest BCUT2D eigenvalue weighted by Crippen LogP contribution is -2.00. The Bertz CT molecular complexity index is 344. The van der Waals surface area contributed by atoms with Gasteiger partial charge in [-0.2, -0.15) is 0 Å². The highest BCUT2D eigenvalue weighted by Gasteiger charge is 2.18. The van der Waals surface area contributed by atoms with Crippen molar-refractivity contribution in [3.05, 3.63) is 42.0 Å². The SMILES string of the molecule is COc1cccc([C@H]2C=C[C@@H](O)C2)c1. The molecule has 14 heavy (non-hydrogen) atoms. The van der Waals surface area contributed by atoms with Gasteiger partial charge in [0.1, 0.15) is 5.75 Å². The number of aliphatic hydroxyl groups excluding tert-OH is 1. The Labute approximate surface area is 83.8 Å². The van der Waals surface area contributed by atoms with Crippen molar-refractivity contribution in [2.45, 2.75) is 18.4 Å². The fourth-order valence-electron chi connectivity index (χ4n) is 1.80.